The van der Waals surface area contributed by atoms with Gasteiger partial charge in [0.2, 0.25) is 0 Å². The van der Waals surface area contributed by atoms with Crippen LogP contribution >= 0.6 is 11.6 Å². The number of imidazole rings is 1. The van der Waals surface area contributed by atoms with E-state index in [0.717, 1.165) is 10.7 Å². The second-order valence-electron chi connectivity index (χ2n) is 4.05. The first kappa shape index (κ1) is 10.4. The Morgan fingerprint density at radius 3 is 2.53 bits per heavy atom. The Bertz CT molecular complexity index is 671. The van der Waals surface area contributed by atoms with E-state index in [-0.39, 0.29) is 0 Å². The first-order valence-electron chi connectivity index (χ1n) is 5.47. The molecule has 0 N–H and O–H groups in total. The van der Waals surface area contributed by atoms with Crippen molar-refractivity contribution in [3.63, 3.8) is 0 Å². The quantitative estimate of drug-likeness (QED) is 0.581. The van der Waals surface area contributed by atoms with Crippen molar-refractivity contribution in [1.29, 1.82) is 0 Å². The minimum absolute atomic E-state index is 0.743. The molecule has 17 heavy (non-hydrogen) atoms. The van der Waals surface area contributed by atoms with Crippen LogP contribution in [0.15, 0.2) is 54.9 Å². The van der Waals surface area contributed by atoms with Gasteiger partial charge in [-0.25, -0.2) is 8.97 Å². The zero-order chi connectivity index (χ0) is 11.8. The van der Waals surface area contributed by atoms with Crippen LogP contribution in [0.1, 0.15) is 0 Å². The van der Waals surface area contributed by atoms with E-state index < -0.39 is 0 Å². The fraction of sp³-hybridized carbons (Fsp3) is 0.0714. The summed E-state index contributed by atoms with van der Waals surface area (Å²) in [4.78, 5) is 0. The summed E-state index contributed by atoms with van der Waals surface area (Å²) in [5.41, 5.74) is 3.50. The molecular weight excluding hydrogens is 232 g/mol. The summed E-state index contributed by atoms with van der Waals surface area (Å²) in [6.07, 6.45) is 4.01. The van der Waals surface area contributed by atoms with Gasteiger partial charge in [0.05, 0.1) is 12.1 Å². The fourth-order valence-electron chi connectivity index (χ4n) is 2.09. The maximum Gasteiger partial charge on any atom is 0.286 e. The molecule has 3 rings (SSSR count). The lowest BCUT2D eigenvalue weighted by atomic mass is 10.2. The van der Waals surface area contributed by atoms with Crippen molar-refractivity contribution < 1.29 is 4.40 Å². The second kappa shape index (κ2) is 3.90. The van der Waals surface area contributed by atoms with Crippen molar-refractivity contribution >= 4 is 17.2 Å². The van der Waals surface area contributed by atoms with Crippen molar-refractivity contribution in [3.8, 4) is 11.3 Å². The molecule has 0 radical (unpaired) electrons. The minimum atomic E-state index is 0.743. The molecule has 0 saturated carbocycles. The third-order valence-corrected chi connectivity index (χ3v) is 3.18. The molecule has 2 aromatic heterocycles. The summed E-state index contributed by atoms with van der Waals surface area (Å²) in [7, 11) is 2.06. The summed E-state index contributed by atoms with van der Waals surface area (Å²) >= 11 is 6.00. The van der Waals surface area contributed by atoms with E-state index in [4.69, 9.17) is 11.6 Å². The lowest BCUT2D eigenvalue weighted by molar-refractivity contribution is -0.510. The molecule has 0 bridgehead atoms. The Kier molecular flexibility index (Phi) is 2.37. The molecule has 0 atom stereocenters. The van der Waals surface area contributed by atoms with E-state index in [1.807, 2.05) is 40.9 Å². The average molecular weight is 244 g/mol. The smallest absolute Gasteiger partial charge is 0.226 e. The number of nitrogens with zero attached hydrogens (tertiary/aromatic N) is 2. The second-order valence-corrected chi connectivity index (χ2v) is 4.49. The maximum absolute atomic E-state index is 6.00. The van der Waals surface area contributed by atoms with E-state index in [2.05, 4.69) is 29.9 Å². The normalized spacial score (nSPS) is 10.9. The molecule has 2 heterocycles. The van der Waals surface area contributed by atoms with Crippen LogP contribution in [-0.2, 0) is 7.05 Å². The first-order valence-corrected chi connectivity index (χ1v) is 5.85. The van der Waals surface area contributed by atoms with Gasteiger partial charge in [-0.3, -0.25) is 0 Å². The predicted molar refractivity (Wildman–Crippen MR) is 69.0 cm³/mol. The first-order chi connectivity index (χ1) is 8.25. The van der Waals surface area contributed by atoms with Crippen molar-refractivity contribution in [2.45, 2.75) is 0 Å². The monoisotopic (exact) mass is 243 g/mol. The van der Waals surface area contributed by atoms with Crippen LogP contribution in [0, 0.1) is 0 Å². The van der Waals surface area contributed by atoms with Crippen LogP contribution < -0.4 is 4.40 Å². The van der Waals surface area contributed by atoms with E-state index in [9.17, 15) is 0 Å². The van der Waals surface area contributed by atoms with E-state index in [1.54, 1.807) is 0 Å². The van der Waals surface area contributed by atoms with Crippen molar-refractivity contribution in [2.24, 2.45) is 7.05 Å². The average Bonchev–Trinajstić information content (AvgIpc) is 2.67. The standard InChI is InChI=1S/C14H12ClN2/c1-16-13(11-5-3-2-4-6-11)10-17-9-12(15)7-8-14(16)17/h2-10H,1H3/q+1. The van der Waals surface area contributed by atoms with E-state index in [0.29, 0.717) is 0 Å². The van der Waals surface area contributed by atoms with Gasteiger partial charge in [-0.1, -0.05) is 41.9 Å². The molecule has 0 fully saturated rings. The maximum atomic E-state index is 6.00. The molecule has 0 aliphatic rings. The summed E-state index contributed by atoms with van der Waals surface area (Å²) in [5, 5.41) is 0.743. The van der Waals surface area contributed by atoms with Crippen LogP contribution in [0.3, 0.4) is 0 Å². The Morgan fingerprint density at radius 1 is 1.00 bits per heavy atom. The van der Waals surface area contributed by atoms with Gasteiger partial charge >= 0.3 is 0 Å². The SMILES string of the molecule is Cn1c(-c2ccccc2)c[n+]2cc(Cl)ccc12. The van der Waals surface area contributed by atoms with Gasteiger partial charge in [0.1, 0.15) is 12.4 Å². The van der Waals surface area contributed by atoms with Gasteiger partial charge in [-0.2, -0.15) is 0 Å². The molecule has 0 unspecified atom stereocenters. The third kappa shape index (κ3) is 1.71. The number of hydrogen-bond acceptors (Lipinski definition) is 0. The Morgan fingerprint density at radius 2 is 1.76 bits per heavy atom. The summed E-state index contributed by atoms with van der Waals surface area (Å²) < 4.78 is 4.20. The highest BCUT2D eigenvalue weighted by Crippen LogP contribution is 2.19. The van der Waals surface area contributed by atoms with Gasteiger partial charge in [0, 0.05) is 11.6 Å². The molecule has 2 nitrogen and oxygen atoms in total. The number of aryl methyl sites for hydroxylation is 1. The lowest BCUT2D eigenvalue weighted by Crippen LogP contribution is -2.17. The number of fused-ring (bicyclic) bond motifs is 1. The Labute approximate surface area is 105 Å². The van der Waals surface area contributed by atoms with E-state index >= 15 is 0 Å². The molecule has 84 valence electrons. The number of halogens is 1. The molecule has 1 aromatic carbocycles. The summed E-state index contributed by atoms with van der Waals surface area (Å²) in [5.74, 6) is 0. The molecule has 0 aliphatic carbocycles. The van der Waals surface area contributed by atoms with E-state index in [1.165, 1.54) is 11.3 Å². The number of hydrogen-bond donors (Lipinski definition) is 0. The zero-order valence-electron chi connectivity index (χ0n) is 9.47. The highest BCUT2D eigenvalue weighted by molar-refractivity contribution is 6.30. The molecule has 0 saturated heterocycles. The number of aromatic nitrogens is 2. The van der Waals surface area contributed by atoms with Crippen LogP contribution in [0.2, 0.25) is 5.02 Å². The summed E-state index contributed by atoms with van der Waals surface area (Å²) in [6.45, 7) is 0. The van der Waals surface area contributed by atoms with Gasteiger partial charge in [0.15, 0.2) is 5.69 Å². The fourth-order valence-corrected chi connectivity index (χ4v) is 2.26. The molecule has 3 aromatic rings. The largest absolute Gasteiger partial charge is 0.286 e. The molecule has 0 aliphatic heterocycles. The molecule has 3 heteroatoms. The predicted octanol–water partition coefficient (Wildman–Crippen LogP) is 3.08. The Balaban J connectivity index is 2.28. The van der Waals surface area contributed by atoms with Gasteiger partial charge in [-0.15, -0.1) is 0 Å². The van der Waals surface area contributed by atoms with Gasteiger partial charge < -0.3 is 0 Å². The van der Waals surface area contributed by atoms with Crippen LogP contribution in [-0.4, -0.2) is 4.57 Å². The lowest BCUT2D eigenvalue weighted by Gasteiger charge is -1.95. The van der Waals surface area contributed by atoms with Gasteiger partial charge in [-0.05, 0) is 6.07 Å². The number of pyridine rings is 1. The highest BCUT2D eigenvalue weighted by Gasteiger charge is 2.15. The van der Waals surface area contributed by atoms with Gasteiger partial charge in [0.25, 0.3) is 5.65 Å². The molecule has 0 spiro atoms. The van der Waals surface area contributed by atoms with Crippen molar-refractivity contribution in [3.05, 3.63) is 59.9 Å². The molecule has 0 amide bonds. The third-order valence-electron chi connectivity index (χ3n) is 2.95. The number of rotatable bonds is 1. The number of benzene rings is 1. The zero-order valence-corrected chi connectivity index (χ0v) is 10.2. The van der Waals surface area contributed by atoms with Crippen LogP contribution in [0.5, 0.6) is 0 Å². The Hall–Kier alpha value is -1.80. The van der Waals surface area contributed by atoms with Crippen molar-refractivity contribution in [1.82, 2.24) is 4.57 Å². The minimum Gasteiger partial charge on any atom is -0.226 e. The molecular formula is C14H12ClN2+. The topological polar surface area (TPSA) is 9.03 Å². The van der Waals surface area contributed by atoms with Crippen molar-refractivity contribution in [2.75, 3.05) is 0 Å². The van der Waals surface area contributed by atoms with Crippen LogP contribution in [0.4, 0.5) is 0 Å². The highest BCUT2D eigenvalue weighted by atomic mass is 35.5. The summed E-state index contributed by atoms with van der Waals surface area (Å²) in [6, 6.07) is 14.3. The van der Waals surface area contributed by atoms with Crippen LogP contribution in [0.25, 0.3) is 16.9 Å².